The van der Waals surface area contributed by atoms with Gasteiger partial charge in [-0.05, 0) is 30.3 Å². The van der Waals surface area contributed by atoms with E-state index in [1.165, 1.54) is 25.3 Å². The quantitative estimate of drug-likeness (QED) is 0.537. The van der Waals surface area contributed by atoms with Gasteiger partial charge in [0.25, 0.3) is 5.91 Å². The molecule has 8 heteroatoms. The van der Waals surface area contributed by atoms with E-state index in [0.29, 0.717) is 11.3 Å². The average molecular weight is 381 g/mol. The summed E-state index contributed by atoms with van der Waals surface area (Å²) in [5.41, 5.74) is 6.20. The van der Waals surface area contributed by atoms with E-state index in [1.807, 2.05) is 18.2 Å². The van der Waals surface area contributed by atoms with Crippen molar-refractivity contribution in [3.05, 3.63) is 59.8 Å². The molecule has 0 spiro atoms. The number of nitrogens with two attached hydrogens (primary N) is 1. The molecule has 1 heterocycles. The number of carbonyl (C=O) groups excluding carboxylic acids is 2. The molecule has 0 unspecified atom stereocenters. The first-order chi connectivity index (χ1) is 13.5. The molecule has 0 saturated heterocycles. The lowest BCUT2D eigenvalue weighted by atomic mass is 10.2. The van der Waals surface area contributed by atoms with Gasteiger partial charge in [-0.1, -0.05) is 12.1 Å². The fraction of sp³-hybridized carbons (Fsp3) is 0.150. The van der Waals surface area contributed by atoms with Crippen LogP contribution in [0.5, 0.6) is 17.2 Å². The number of para-hydroxylation sites is 1. The van der Waals surface area contributed by atoms with Gasteiger partial charge in [0, 0.05) is 17.0 Å². The third-order valence-electron chi connectivity index (χ3n) is 4.02. The van der Waals surface area contributed by atoms with Crippen molar-refractivity contribution in [2.75, 3.05) is 20.3 Å². The molecule has 28 heavy (non-hydrogen) atoms. The number of methoxy groups -OCH3 is 1. The molecule has 144 valence electrons. The number of amides is 2. The molecule has 2 aromatic carbocycles. The smallest absolute Gasteiger partial charge is 0.270 e. The fourth-order valence-corrected chi connectivity index (χ4v) is 2.64. The third-order valence-corrected chi connectivity index (χ3v) is 4.02. The predicted molar refractivity (Wildman–Crippen MR) is 103 cm³/mol. The van der Waals surface area contributed by atoms with Crippen molar-refractivity contribution < 1.29 is 24.2 Å². The van der Waals surface area contributed by atoms with Crippen molar-refractivity contribution in [3.8, 4) is 17.2 Å². The second-order valence-electron chi connectivity index (χ2n) is 5.88. The summed E-state index contributed by atoms with van der Waals surface area (Å²) < 4.78 is 10.7. The van der Waals surface area contributed by atoms with E-state index in [-0.39, 0.29) is 41.8 Å². The minimum atomic E-state index is -0.646. The van der Waals surface area contributed by atoms with Crippen molar-refractivity contribution >= 4 is 22.7 Å². The van der Waals surface area contributed by atoms with Crippen LogP contribution in [-0.2, 0) is 0 Å². The predicted octanol–water partition coefficient (Wildman–Crippen LogP) is 1.86. The molecule has 3 aromatic rings. The van der Waals surface area contributed by atoms with Crippen molar-refractivity contribution in [2.45, 2.75) is 0 Å². The standard InChI is InChI=1S/C20H19N3O5/c1-27-18-11-15(23-14-5-3-2-4-13(14)18)20(26)22-8-9-28-17-7-6-12(19(21)25)10-16(17)24/h2-7,10-11,24H,8-9H2,1H3,(H2,21,25)(H,22,26). The SMILES string of the molecule is COc1cc(C(=O)NCCOc2ccc(C(N)=O)cc2O)nc2ccccc12. The molecule has 0 saturated carbocycles. The van der Waals surface area contributed by atoms with Gasteiger partial charge in [0.15, 0.2) is 11.5 Å². The van der Waals surface area contributed by atoms with E-state index < -0.39 is 5.91 Å². The summed E-state index contributed by atoms with van der Waals surface area (Å²) in [5, 5.41) is 13.4. The molecule has 2 amide bonds. The van der Waals surface area contributed by atoms with Crippen molar-refractivity contribution in [3.63, 3.8) is 0 Å². The van der Waals surface area contributed by atoms with Crippen LogP contribution in [0.2, 0.25) is 0 Å². The van der Waals surface area contributed by atoms with Crippen LogP contribution in [0.25, 0.3) is 10.9 Å². The van der Waals surface area contributed by atoms with Crippen LogP contribution in [0.1, 0.15) is 20.8 Å². The first kappa shape index (κ1) is 19.0. The van der Waals surface area contributed by atoms with Crippen LogP contribution in [0.3, 0.4) is 0 Å². The van der Waals surface area contributed by atoms with E-state index in [0.717, 1.165) is 5.39 Å². The average Bonchev–Trinajstić information content (AvgIpc) is 2.70. The Bertz CT molecular complexity index is 1040. The maximum absolute atomic E-state index is 12.4. The number of aromatic nitrogens is 1. The number of primary amides is 1. The molecule has 8 nitrogen and oxygen atoms in total. The summed E-state index contributed by atoms with van der Waals surface area (Å²) in [7, 11) is 1.53. The summed E-state index contributed by atoms with van der Waals surface area (Å²) in [6.07, 6.45) is 0. The summed E-state index contributed by atoms with van der Waals surface area (Å²) in [6, 6.07) is 13.1. The molecule has 3 rings (SSSR count). The lowest BCUT2D eigenvalue weighted by molar-refractivity contribution is 0.0940. The Balaban J connectivity index is 1.60. The van der Waals surface area contributed by atoms with E-state index in [2.05, 4.69) is 10.3 Å². The van der Waals surface area contributed by atoms with Gasteiger partial charge in [-0.25, -0.2) is 4.98 Å². The van der Waals surface area contributed by atoms with Gasteiger partial charge < -0.3 is 25.6 Å². The van der Waals surface area contributed by atoms with Gasteiger partial charge in [0.2, 0.25) is 5.91 Å². The Hall–Kier alpha value is -3.81. The number of phenolic OH excluding ortho intramolecular Hbond substituents is 1. The van der Waals surface area contributed by atoms with E-state index in [9.17, 15) is 14.7 Å². The highest BCUT2D eigenvalue weighted by atomic mass is 16.5. The number of ether oxygens (including phenoxy) is 2. The molecule has 4 N–H and O–H groups in total. The number of pyridine rings is 1. The zero-order chi connectivity index (χ0) is 20.1. The number of benzene rings is 2. The zero-order valence-corrected chi connectivity index (χ0v) is 15.1. The molecule has 1 aromatic heterocycles. The van der Waals surface area contributed by atoms with Crippen LogP contribution < -0.4 is 20.5 Å². The van der Waals surface area contributed by atoms with Gasteiger partial charge in [0.05, 0.1) is 19.2 Å². The number of rotatable bonds is 7. The molecule has 0 aliphatic carbocycles. The maximum Gasteiger partial charge on any atom is 0.270 e. The summed E-state index contributed by atoms with van der Waals surface area (Å²) in [5.74, 6) is -0.479. The molecule has 0 bridgehead atoms. The van der Waals surface area contributed by atoms with Crippen molar-refractivity contribution in [1.82, 2.24) is 10.3 Å². The molecular formula is C20H19N3O5. The normalized spacial score (nSPS) is 10.5. The van der Waals surface area contributed by atoms with Crippen LogP contribution in [0.4, 0.5) is 0 Å². The van der Waals surface area contributed by atoms with Crippen molar-refractivity contribution in [2.24, 2.45) is 5.73 Å². The second kappa shape index (κ2) is 8.26. The highest BCUT2D eigenvalue weighted by molar-refractivity contribution is 5.97. The van der Waals surface area contributed by atoms with Crippen LogP contribution in [0.15, 0.2) is 48.5 Å². The Kier molecular flexibility index (Phi) is 5.59. The lowest BCUT2D eigenvalue weighted by Gasteiger charge is -2.11. The van der Waals surface area contributed by atoms with Gasteiger partial charge >= 0.3 is 0 Å². The molecule has 0 atom stereocenters. The Morgan fingerprint density at radius 2 is 1.93 bits per heavy atom. The number of carbonyl (C=O) groups is 2. The monoisotopic (exact) mass is 381 g/mol. The number of phenols is 1. The molecule has 0 radical (unpaired) electrons. The molecule has 0 aliphatic rings. The van der Waals surface area contributed by atoms with Gasteiger partial charge in [-0.2, -0.15) is 0 Å². The number of hydrogen-bond acceptors (Lipinski definition) is 6. The third kappa shape index (κ3) is 4.12. The first-order valence-corrected chi connectivity index (χ1v) is 8.47. The van der Waals surface area contributed by atoms with Crippen LogP contribution >= 0.6 is 0 Å². The Morgan fingerprint density at radius 1 is 1.14 bits per heavy atom. The minimum Gasteiger partial charge on any atom is -0.504 e. The second-order valence-corrected chi connectivity index (χ2v) is 5.88. The summed E-state index contributed by atoms with van der Waals surface area (Å²) in [6.45, 7) is 0.298. The number of aromatic hydroxyl groups is 1. The fourth-order valence-electron chi connectivity index (χ4n) is 2.64. The highest BCUT2D eigenvalue weighted by Gasteiger charge is 2.12. The lowest BCUT2D eigenvalue weighted by Crippen LogP contribution is -2.28. The van der Waals surface area contributed by atoms with Gasteiger partial charge in [0.1, 0.15) is 18.1 Å². The summed E-state index contributed by atoms with van der Waals surface area (Å²) >= 11 is 0. The van der Waals surface area contributed by atoms with E-state index in [1.54, 1.807) is 12.1 Å². The van der Waals surface area contributed by atoms with Gasteiger partial charge in [-0.3, -0.25) is 9.59 Å². The Labute approximate surface area is 160 Å². The molecule has 0 aliphatic heterocycles. The van der Waals surface area contributed by atoms with Gasteiger partial charge in [-0.15, -0.1) is 0 Å². The topological polar surface area (TPSA) is 124 Å². The molecule has 0 fully saturated rings. The summed E-state index contributed by atoms with van der Waals surface area (Å²) in [4.78, 5) is 27.8. The zero-order valence-electron chi connectivity index (χ0n) is 15.1. The van der Waals surface area contributed by atoms with Crippen LogP contribution in [0, 0.1) is 0 Å². The highest BCUT2D eigenvalue weighted by Crippen LogP contribution is 2.27. The molecular weight excluding hydrogens is 362 g/mol. The number of nitrogens with zero attached hydrogens (tertiary/aromatic N) is 1. The number of hydrogen-bond donors (Lipinski definition) is 3. The largest absolute Gasteiger partial charge is 0.504 e. The maximum atomic E-state index is 12.4. The van der Waals surface area contributed by atoms with Crippen molar-refractivity contribution in [1.29, 1.82) is 0 Å². The van der Waals surface area contributed by atoms with Crippen LogP contribution in [-0.4, -0.2) is 42.2 Å². The number of nitrogens with one attached hydrogen (secondary N) is 1. The van der Waals surface area contributed by atoms with E-state index >= 15 is 0 Å². The van der Waals surface area contributed by atoms with E-state index in [4.69, 9.17) is 15.2 Å². The Morgan fingerprint density at radius 3 is 2.64 bits per heavy atom. The minimum absolute atomic E-state index is 0.111. The first-order valence-electron chi connectivity index (χ1n) is 8.47. The number of fused-ring (bicyclic) bond motifs is 1.